The third kappa shape index (κ3) is 2.38. The molecule has 2 aliphatic heterocycles. The van der Waals surface area contributed by atoms with Gasteiger partial charge in [0.05, 0.1) is 17.0 Å². The summed E-state index contributed by atoms with van der Waals surface area (Å²) in [6.45, 7) is 0. The fourth-order valence-corrected chi connectivity index (χ4v) is 3.00. The molecule has 0 aromatic heterocycles. The van der Waals surface area contributed by atoms with Gasteiger partial charge in [-0.3, -0.25) is 4.99 Å². The summed E-state index contributed by atoms with van der Waals surface area (Å²) in [4.78, 5) is 20.9. The number of carboxylic acids is 1. The third-order valence-electron chi connectivity index (χ3n) is 4.11. The van der Waals surface area contributed by atoms with E-state index in [4.69, 9.17) is 0 Å². The van der Waals surface area contributed by atoms with Crippen molar-refractivity contribution in [3.63, 3.8) is 0 Å². The first-order chi connectivity index (χ1) is 11.7. The lowest BCUT2D eigenvalue weighted by Gasteiger charge is -2.18. The Bertz CT molecular complexity index is 937. The number of aliphatic carboxylic acids is 1. The molecule has 1 N–H and O–H groups in total. The van der Waals surface area contributed by atoms with E-state index in [1.54, 1.807) is 12.3 Å². The van der Waals surface area contributed by atoms with Gasteiger partial charge in [0.1, 0.15) is 6.04 Å². The minimum Gasteiger partial charge on any atom is -0.478 e. The number of allylic oxidation sites excluding steroid dienone is 1. The molecule has 4 rings (SSSR count). The van der Waals surface area contributed by atoms with E-state index in [-0.39, 0.29) is 5.57 Å². The number of aliphatic imine (C=N–C) groups is 2. The Labute approximate surface area is 139 Å². The highest BCUT2D eigenvalue weighted by atomic mass is 16.4. The van der Waals surface area contributed by atoms with Crippen molar-refractivity contribution in [3.8, 4) is 0 Å². The number of hydrogen-bond acceptors (Lipinski definition) is 3. The van der Waals surface area contributed by atoms with Crippen LogP contribution in [0.25, 0.3) is 11.6 Å². The summed E-state index contributed by atoms with van der Waals surface area (Å²) >= 11 is 0. The molecular weight excluding hydrogens is 300 g/mol. The summed E-state index contributed by atoms with van der Waals surface area (Å²) in [5, 5.41) is 9.71. The number of benzene rings is 2. The average molecular weight is 314 g/mol. The standard InChI is InChI=1S/C20H14N2O2/c23-20(24)16(12-13-6-2-1-3-7-13)18-19-15(10-11-21-18)14-8-4-5-9-17(14)22-19/h1-12,18H,(H,23,24)/b16-12-. The van der Waals surface area contributed by atoms with E-state index in [2.05, 4.69) is 9.98 Å². The average Bonchev–Trinajstić information content (AvgIpc) is 2.99. The Kier molecular flexibility index (Phi) is 3.43. The zero-order chi connectivity index (χ0) is 16.5. The maximum Gasteiger partial charge on any atom is 0.334 e. The van der Waals surface area contributed by atoms with Gasteiger partial charge in [0.2, 0.25) is 0 Å². The molecule has 1 unspecified atom stereocenters. The van der Waals surface area contributed by atoms with Crippen LogP contribution in [0.4, 0.5) is 5.69 Å². The van der Waals surface area contributed by atoms with Gasteiger partial charge in [0, 0.05) is 17.4 Å². The molecule has 1 atom stereocenters. The number of hydrogen-bond donors (Lipinski definition) is 1. The van der Waals surface area contributed by atoms with Crippen molar-refractivity contribution in [2.75, 3.05) is 0 Å². The van der Waals surface area contributed by atoms with Crippen LogP contribution in [0.15, 0.2) is 76.2 Å². The van der Waals surface area contributed by atoms with Gasteiger partial charge in [-0.25, -0.2) is 9.79 Å². The molecule has 0 fully saturated rings. The Balaban J connectivity index is 1.79. The minimum absolute atomic E-state index is 0.217. The Morgan fingerprint density at radius 1 is 1.04 bits per heavy atom. The van der Waals surface area contributed by atoms with Crippen LogP contribution >= 0.6 is 0 Å². The van der Waals surface area contributed by atoms with Crippen LogP contribution in [0.1, 0.15) is 11.1 Å². The smallest absolute Gasteiger partial charge is 0.334 e. The van der Waals surface area contributed by atoms with Crippen molar-refractivity contribution in [2.24, 2.45) is 9.98 Å². The molecule has 0 saturated carbocycles. The highest BCUT2D eigenvalue weighted by molar-refractivity contribution is 6.36. The van der Waals surface area contributed by atoms with Crippen molar-refractivity contribution in [2.45, 2.75) is 6.04 Å². The maximum atomic E-state index is 11.8. The van der Waals surface area contributed by atoms with Crippen LogP contribution in [-0.4, -0.2) is 29.0 Å². The second kappa shape index (κ2) is 5.74. The monoisotopic (exact) mass is 314 g/mol. The van der Waals surface area contributed by atoms with E-state index < -0.39 is 12.0 Å². The second-order valence-electron chi connectivity index (χ2n) is 5.61. The van der Waals surface area contributed by atoms with Crippen LogP contribution in [-0.2, 0) is 4.79 Å². The van der Waals surface area contributed by atoms with Crippen molar-refractivity contribution in [1.82, 2.24) is 0 Å². The predicted octanol–water partition coefficient (Wildman–Crippen LogP) is 3.78. The highest BCUT2D eigenvalue weighted by Crippen LogP contribution is 2.38. The molecule has 4 heteroatoms. The molecule has 0 amide bonds. The molecule has 0 radical (unpaired) electrons. The molecule has 2 aromatic rings. The van der Waals surface area contributed by atoms with Crippen LogP contribution in [0.5, 0.6) is 0 Å². The first-order valence-electron chi connectivity index (χ1n) is 7.66. The number of carbonyl (C=O) groups is 1. The molecule has 116 valence electrons. The van der Waals surface area contributed by atoms with Crippen LogP contribution in [0.2, 0.25) is 0 Å². The molecule has 0 spiro atoms. The van der Waals surface area contributed by atoms with Gasteiger partial charge in [-0.2, -0.15) is 0 Å². The van der Waals surface area contributed by atoms with E-state index in [1.807, 2.05) is 60.7 Å². The molecule has 24 heavy (non-hydrogen) atoms. The minimum atomic E-state index is -0.985. The predicted molar refractivity (Wildman–Crippen MR) is 95.8 cm³/mol. The van der Waals surface area contributed by atoms with Crippen LogP contribution in [0.3, 0.4) is 0 Å². The summed E-state index contributed by atoms with van der Waals surface area (Å²) in [5.74, 6) is -0.985. The fraction of sp³-hybridized carbons (Fsp3) is 0.0500. The van der Waals surface area contributed by atoms with E-state index in [9.17, 15) is 9.90 Å². The van der Waals surface area contributed by atoms with Crippen molar-refractivity contribution in [1.29, 1.82) is 0 Å². The first-order valence-corrected chi connectivity index (χ1v) is 7.66. The van der Waals surface area contributed by atoms with Gasteiger partial charge in [-0.15, -0.1) is 0 Å². The quantitative estimate of drug-likeness (QED) is 0.876. The fourth-order valence-electron chi connectivity index (χ4n) is 3.00. The van der Waals surface area contributed by atoms with Gasteiger partial charge < -0.3 is 5.11 Å². The number of para-hydroxylation sites is 1. The number of rotatable bonds is 3. The van der Waals surface area contributed by atoms with Gasteiger partial charge in [-0.1, -0.05) is 48.5 Å². The molecular formula is C20H14N2O2. The lowest BCUT2D eigenvalue weighted by molar-refractivity contribution is -0.132. The third-order valence-corrected chi connectivity index (χ3v) is 4.11. The lowest BCUT2D eigenvalue weighted by Crippen LogP contribution is -2.27. The molecule has 0 bridgehead atoms. The van der Waals surface area contributed by atoms with E-state index >= 15 is 0 Å². The SMILES string of the molecule is O=C(O)/C(=C\c1ccccc1)C1N=CC=C2C1=Nc1ccccc12. The zero-order valence-corrected chi connectivity index (χ0v) is 12.8. The normalized spacial score (nSPS) is 18.5. The van der Waals surface area contributed by atoms with Crippen molar-refractivity contribution in [3.05, 3.63) is 77.4 Å². The molecule has 2 heterocycles. The van der Waals surface area contributed by atoms with Crippen molar-refractivity contribution < 1.29 is 9.90 Å². The molecule has 0 saturated heterocycles. The largest absolute Gasteiger partial charge is 0.478 e. The number of nitrogens with zero attached hydrogens (tertiary/aromatic N) is 2. The van der Waals surface area contributed by atoms with Gasteiger partial charge in [-0.05, 0) is 23.8 Å². The van der Waals surface area contributed by atoms with Crippen LogP contribution < -0.4 is 0 Å². The van der Waals surface area contributed by atoms with Gasteiger partial charge in [0.15, 0.2) is 0 Å². The van der Waals surface area contributed by atoms with Gasteiger partial charge >= 0.3 is 5.97 Å². The van der Waals surface area contributed by atoms with E-state index in [1.165, 1.54) is 0 Å². The maximum absolute atomic E-state index is 11.8. The topological polar surface area (TPSA) is 62.0 Å². The zero-order valence-electron chi connectivity index (χ0n) is 12.8. The number of carboxylic acid groups (broad SMARTS) is 1. The number of dihydropyridines is 1. The molecule has 2 aromatic carbocycles. The summed E-state index contributed by atoms with van der Waals surface area (Å²) in [7, 11) is 0. The summed E-state index contributed by atoms with van der Waals surface area (Å²) < 4.78 is 0. The van der Waals surface area contributed by atoms with E-state index in [0.29, 0.717) is 5.71 Å². The summed E-state index contributed by atoms with van der Waals surface area (Å²) in [5.41, 5.74) is 4.58. The van der Waals surface area contributed by atoms with Crippen molar-refractivity contribution >= 4 is 35.2 Å². The Morgan fingerprint density at radius 3 is 2.58 bits per heavy atom. The van der Waals surface area contributed by atoms with E-state index in [0.717, 1.165) is 22.4 Å². The summed E-state index contributed by atoms with van der Waals surface area (Å²) in [6.07, 6.45) is 5.23. The van der Waals surface area contributed by atoms with Crippen LogP contribution in [0, 0.1) is 0 Å². The van der Waals surface area contributed by atoms with Gasteiger partial charge in [0.25, 0.3) is 0 Å². The lowest BCUT2D eigenvalue weighted by atomic mass is 9.91. The molecule has 0 aliphatic carbocycles. The molecule has 2 aliphatic rings. The molecule has 4 nitrogen and oxygen atoms in total. The number of fused-ring (bicyclic) bond motifs is 3. The second-order valence-corrected chi connectivity index (χ2v) is 5.61. The first kappa shape index (κ1) is 14.3. The Morgan fingerprint density at radius 2 is 1.79 bits per heavy atom. The summed E-state index contributed by atoms with van der Waals surface area (Å²) in [6, 6.07) is 16.6. The Hall–Kier alpha value is -3.27. The highest BCUT2D eigenvalue weighted by Gasteiger charge is 2.33.